The number of carbonyl (C=O) groups is 1. The maximum Gasteiger partial charge on any atom is 0.272 e. The fourth-order valence-electron chi connectivity index (χ4n) is 5.26. The standard InChI is InChI=1S/C28H42N6O3S/c1-20-25(30-19-31-26(20)29-17-21-8-10-22(11-9-21)28(2,3)4)27(35)33-15-12-23(13-16-33)32-24-7-6-14-34(18-24)38(5,36)37/h8-11,19,23-24,32H,6-7,12-18H2,1-5H3,(H,29,30,31)/t24-/m1/s1. The van der Waals surface area contributed by atoms with Crippen LogP contribution in [0.15, 0.2) is 30.6 Å². The Morgan fingerprint density at radius 3 is 2.34 bits per heavy atom. The predicted molar refractivity (Wildman–Crippen MR) is 151 cm³/mol. The molecular weight excluding hydrogens is 500 g/mol. The van der Waals surface area contributed by atoms with E-state index >= 15 is 0 Å². The Hall–Kier alpha value is -2.56. The fraction of sp³-hybridized carbons (Fsp3) is 0.607. The van der Waals surface area contributed by atoms with Gasteiger partial charge < -0.3 is 15.5 Å². The molecule has 0 aliphatic carbocycles. The summed E-state index contributed by atoms with van der Waals surface area (Å²) in [5, 5.41) is 7.02. The van der Waals surface area contributed by atoms with Crippen molar-refractivity contribution >= 4 is 21.7 Å². The fourth-order valence-corrected chi connectivity index (χ4v) is 6.18. The second-order valence-corrected chi connectivity index (χ2v) is 13.7. The average Bonchev–Trinajstić information content (AvgIpc) is 2.87. The molecule has 1 aromatic heterocycles. The van der Waals surface area contributed by atoms with Crippen LogP contribution < -0.4 is 10.6 Å². The third kappa shape index (κ3) is 7.09. The maximum absolute atomic E-state index is 13.3. The molecule has 3 heterocycles. The van der Waals surface area contributed by atoms with Crippen molar-refractivity contribution in [1.29, 1.82) is 0 Å². The minimum absolute atomic E-state index is 0.0677. The van der Waals surface area contributed by atoms with Crippen LogP contribution in [0.3, 0.4) is 0 Å². The first-order valence-corrected chi connectivity index (χ1v) is 15.4. The highest BCUT2D eigenvalue weighted by molar-refractivity contribution is 7.88. The number of amides is 1. The Balaban J connectivity index is 1.31. The topological polar surface area (TPSA) is 108 Å². The van der Waals surface area contributed by atoms with Crippen molar-refractivity contribution in [3.63, 3.8) is 0 Å². The second kappa shape index (κ2) is 11.7. The lowest BCUT2D eigenvalue weighted by Gasteiger charge is -2.37. The molecule has 4 rings (SSSR count). The summed E-state index contributed by atoms with van der Waals surface area (Å²) in [5.41, 5.74) is 3.75. The van der Waals surface area contributed by atoms with E-state index in [-0.39, 0.29) is 23.4 Å². The zero-order valence-corrected chi connectivity index (χ0v) is 24.1. The van der Waals surface area contributed by atoms with Gasteiger partial charge in [-0.1, -0.05) is 45.0 Å². The van der Waals surface area contributed by atoms with Gasteiger partial charge in [0.05, 0.1) is 6.26 Å². The molecule has 2 fully saturated rings. The average molecular weight is 543 g/mol. The molecule has 0 saturated carbocycles. The van der Waals surface area contributed by atoms with Gasteiger partial charge in [0.1, 0.15) is 17.8 Å². The Morgan fingerprint density at radius 2 is 1.71 bits per heavy atom. The van der Waals surface area contributed by atoms with Crippen molar-refractivity contribution in [2.45, 2.75) is 77.4 Å². The Bertz CT molecular complexity index is 1220. The first kappa shape index (κ1) is 28.4. The third-order valence-electron chi connectivity index (χ3n) is 7.67. The second-order valence-electron chi connectivity index (χ2n) is 11.7. The molecule has 2 aliphatic rings. The SMILES string of the molecule is Cc1c(NCc2ccc(C(C)(C)C)cc2)ncnc1C(=O)N1CCC(N[C@@H]2CCCN(S(C)(=O)=O)C2)CC1. The number of hydrogen-bond donors (Lipinski definition) is 2. The number of likely N-dealkylation sites (tertiary alicyclic amines) is 1. The van der Waals surface area contributed by atoms with E-state index in [1.165, 1.54) is 18.1 Å². The number of carbonyl (C=O) groups excluding carboxylic acids is 1. The molecule has 0 radical (unpaired) electrons. The summed E-state index contributed by atoms with van der Waals surface area (Å²) < 4.78 is 25.4. The third-order valence-corrected chi connectivity index (χ3v) is 8.94. The van der Waals surface area contributed by atoms with Gasteiger partial charge in [0.15, 0.2) is 0 Å². The molecule has 10 heteroatoms. The van der Waals surface area contributed by atoms with Gasteiger partial charge in [-0.2, -0.15) is 0 Å². The molecule has 2 saturated heterocycles. The number of anilines is 1. The van der Waals surface area contributed by atoms with Crippen LogP contribution in [0.25, 0.3) is 0 Å². The molecule has 2 aliphatic heterocycles. The molecule has 2 aromatic rings. The minimum Gasteiger partial charge on any atom is -0.366 e. The van der Waals surface area contributed by atoms with Crippen LogP contribution in [0, 0.1) is 6.92 Å². The van der Waals surface area contributed by atoms with Crippen molar-refractivity contribution in [3.05, 3.63) is 53.0 Å². The number of nitrogens with zero attached hydrogens (tertiary/aromatic N) is 4. The van der Waals surface area contributed by atoms with Crippen LogP contribution in [0.2, 0.25) is 0 Å². The number of aromatic nitrogens is 2. The normalized spacial score (nSPS) is 19.9. The number of piperidine rings is 2. The van der Waals surface area contributed by atoms with Gasteiger partial charge in [-0.25, -0.2) is 22.7 Å². The Morgan fingerprint density at radius 1 is 1.03 bits per heavy atom. The smallest absolute Gasteiger partial charge is 0.272 e. The van der Waals surface area contributed by atoms with Gasteiger partial charge in [-0.05, 0) is 49.1 Å². The number of rotatable bonds is 7. The summed E-state index contributed by atoms with van der Waals surface area (Å²) in [7, 11) is -3.16. The van der Waals surface area contributed by atoms with E-state index in [1.807, 2.05) is 11.8 Å². The molecule has 0 bridgehead atoms. The summed E-state index contributed by atoms with van der Waals surface area (Å²) in [6, 6.07) is 9.01. The number of hydrogen-bond acceptors (Lipinski definition) is 7. The number of nitrogens with one attached hydrogen (secondary N) is 2. The lowest BCUT2D eigenvalue weighted by Crippen LogP contribution is -2.53. The lowest BCUT2D eigenvalue weighted by atomic mass is 9.87. The van der Waals surface area contributed by atoms with Gasteiger partial charge in [0.25, 0.3) is 5.91 Å². The van der Waals surface area contributed by atoms with Crippen LogP contribution >= 0.6 is 0 Å². The van der Waals surface area contributed by atoms with E-state index in [2.05, 4.69) is 65.6 Å². The van der Waals surface area contributed by atoms with Crippen LogP contribution in [0.4, 0.5) is 5.82 Å². The highest BCUT2D eigenvalue weighted by Gasteiger charge is 2.30. The van der Waals surface area contributed by atoms with Crippen LogP contribution in [0.1, 0.15) is 73.6 Å². The largest absolute Gasteiger partial charge is 0.366 e. The summed E-state index contributed by atoms with van der Waals surface area (Å²) >= 11 is 0. The van der Waals surface area contributed by atoms with Crippen molar-refractivity contribution in [1.82, 2.24) is 24.5 Å². The van der Waals surface area contributed by atoms with Crippen molar-refractivity contribution < 1.29 is 13.2 Å². The molecule has 1 aromatic carbocycles. The van der Waals surface area contributed by atoms with Crippen LogP contribution in [-0.2, 0) is 22.0 Å². The van der Waals surface area contributed by atoms with E-state index in [0.29, 0.717) is 44.2 Å². The number of sulfonamides is 1. The zero-order valence-electron chi connectivity index (χ0n) is 23.3. The molecule has 2 N–H and O–H groups in total. The van der Waals surface area contributed by atoms with E-state index in [0.717, 1.165) is 36.8 Å². The highest BCUT2D eigenvalue weighted by Crippen LogP contribution is 2.24. The van der Waals surface area contributed by atoms with Crippen molar-refractivity contribution in [2.24, 2.45) is 0 Å². The van der Waals surface area contributed by atoms with E-state index in [4.69, 9.17) is 0 Å². The summed E-state index contributed by atoms with van der Waals surface area (Å²) in [4.78, 5) is 23.9. The van der Waals surface area contributed by atoms with Gasteiger partial charge in [-0.3, -0.25) is 4.79 Å². The first-order chi connectivity index (χ1) is 17.9. The Kier molecular flexibility index (Phi) is 8.74. The summed E-state index contributed by atoms with van der Waals surface area (Å²) in [6.07, 6.45) is 6.24. The quantitative estimate of drug-likeness (QED) is 0.553. The predicted octanol–water partition coefficient (Wildman–Crippen LogP) is 3.31. The first-order valence-electron chi connectivity index (χ1n) is 13.6. The molecule has 208 valence electrons. The Labute approximate surface area is 227 Å². The molecule has 1 atom stereocenters. The van der Waals surface area contributed by atoms with Gasteiger partial charge in [-0.15, -0.1) is 0 Å². The van der Waals surface area contributed by atoms with E-state index in [1.54, 1.807) is 4.31 Å². The zero-order chi connectivity index (χ0) is 27.5. The maximum atomic E-state index is 13.3. The molecule has 0 unspecified atom stereocenters. The number of benzene rings is 1. The minimum atomic E-state index is -3.16. The summed E-state index contributed by atoms with van der Waals surface area (Å²) in [6.45, 7) is 11.5. The monoisotopic (exact) mass is 542 g/mol. The molecule has 0 spiro atoms. The lowest BCUT2D eigenvalue weighted by molar-refractivity contribution is 0.0691. The van der Waals surface area contributed by atoms with Gasteiger partial charge >= 0.3 is 0 Å². The molecule has 9 nitrogen and oxygen atoms in total. The van der Waals surface area contributed by atoms with Crippen molar-refractivity contribution in [2.75, 3.05) is 37.8 Å². The van der Waals surface area contributed by atoms with Gasteiger partial charge in [0, 0.05) is 50.4 Å². The van der Waals surface area contributed by atoms with E-state index < -0.39 is 10.0 Å². The highest BCUT2D eigenvalue weighted by atomic mass is 32.2. The van der Waals surface area contributed by atoms with Crippen LogP contribution in [0.5, 0.6) is 0 Å². The van der Waals surface area contributed by atoms with E-state index in [9.17, 15) is 13.2 Å². The van der Waals surface area contributed by atoms with Gasteiger partial charge in [0.2, 0.25) is 10.0 Å². The van der Waals surface area contributed by atoms with Crippen LogP contribution in [-0.4, -0.2) is 78.0 Å². The molecule has 1 amide bonds. The molecule has 38 heavy (non-hydrogen) atoms. The summed E-state index contributed by atoms with van der Waals surface area (Å²) in [5.74, 6) is 0.606. The molecular formula is C28H42N6O3S. The van der Waals surface area contributed by atoms with Crippen molar-refractivity contribution in [3.8, 4) is 0 Å².